The standard InChI is InChI=1S/C16H19N3O/c1-8-13(7-17)16(20)19-15(18-8)14-11-3-9-2-10(5-11)6-12(14)4-9/h9-12,14H,2-6H2,1H3,(H,18,19,20). The largest absolute Gasteiger partial charge is 0.309 e. The Kier molecular flexibility index (Phi) is 2.54. The molecule has 4 bridgehead atoms. The molecule has 4 nitrogen and oxygen atoms in total. The summed E-state index contributed by atoms with van der Waals surface area (Å²) in [6.45, 7) is 1.77. The van der Waals surface area contributed by atoms with Gasteiger partial charge in [0, 0.05) is 5.92 Å². The number of hydrogen-bond donors (Lipinski definition) is 1. The van der Waals surface area contributed by atoms with Crippen molar-refractivity contribution in [2.24, 2.45) is 23.7 Å². The maximum Gasteiger partial charge on any atom is 0.269 e. The lowest BCUT2D eigenvalue weighted by Crippen LogP contribution is -2.44. The Bertz CT molecular complexity index is 627. The van der Waals surface area contributed by atoms with Crippen LogP contribution in [-0.2, 0) is 0 Å². The van der Waals surface area contributed by atoms with Gasteiger partial charge in [-0.05, 0) is 62.7 Å². The van der Waals surface area contributed by atoms with Gasteiger partial charge in [-0.15, -0.1) is 0 Å². The summed E-state index contributed by atoms with van der Waals surface area (Å²) in [6.07, 6.45) is 6.65. The normalized spacial score (nSPS) is 37.9. The zero-order valence-corrected chi connectivity index (χ0v) is 11.7. The van der Waals surface area contributed by atoms with Crippen molar-refractivity contribution in [3.63, 3.8) is 0 Å². The molecule has 4 fully saturated rings. The number of aryl methyl sites for hydroxylation is 1. The monoisotopic (exact) mass is 269 g/mol. The number of nitriles is 1. The van der Waals surface area contributed by atoms with Crippen LogP contribution in [0, 0.1) is 41.9 Å². The number of rotatable bonds is 1. The van der Waals surface area contributed by atoms with Crippen LogP contribution in [0.3, 0.4) is 0 Å². The molecule has 0 aliphatic heterocycles. The zero-order chi connectivity index (χ0) is 13.9. The fourth-order valence-corrected chi connectivity index (χ4v) is 5.27. The Morgan fingerprint density at radius 3 is 2.25 bits per heavy atom. The molecule has 0 radical (unpaired) electrons. The molecule has 1 heterocycles. The van der Waals surface area contributed by atoms with Gasteiger partial charge in [-0.3, -0.25) is 4.79 Å². The van der Waals surface area contributed by atoms with Crippen LogP contribution in [-0.4, -0.2) is 9.97 Å². The number of aromatic nitrogens is 2. The molecule has 4 aliphatic rings. The van der Waals surface area contributed by atoms with Crippen molar-refractivity contribution in [3.05, 3.63) is 27.4 Å². The molecule has 0 aromatic carbocycles. The summed E-state index contributed by atoms with van der Waals surface area (Å²) < 4.78 is 0. The minimum atomic E-state index is -0.260. The van der Waals surface area contributed by atoms with Gasteiger partial charge in [0.15, 0.2) is 0 Å². The van der Waals surface area contributed by atoms with E-state index in [0.29, 0.717) is 23.4 Å². The molecule has 4 aliphatic carbocycles. The Hall–Kier alpha value is -1.63. The third-order valence-electron chi connectivity index (χ3n) is 5.77. The third kappa shape index (κ3) is 1.65. The van der Waals surface area contributed by atoms with Gasteiger partial charge in [0.05, 0.1) is 5.69 Å². The minimum Gasteiger partial charge on any atom is -0.309 e. The van der Waals surface area contributed by atoms with Crippen molar-refractivity contribution in [3.8, 4) is 6.07 Å². The smallest absolute Gasteiger partial charge is 0.269 e. The fourth-order valence-electron chi connectivity index (χ4n) is 5.27. The lowest BCUT2D eigenvalue weighted by molar-refractivity contribution is -0.00578. The first kappa shape index (κ1) is 12.1. The van der Waals surface area contributed by atoms with E-state index in [1.807, 2.05) is 6.07 Å². The molecule has 1 N–H and O–H groups in total. The molecular weight excluding hydrogens is 250 g/mol. The van der Waals surface area contributed by atoms with E-state index in [9.17, 15) is 4.79 Å². The van der Waals surface area contributed by atoms with Crippen molar-refractivity contribution < 1.29 is 0 Å². The van der Waals surface area contributed by atoms with E-state index in [1.54, 1.807) is 6.92 Å². The van der Waals surface area contributed by atoms with Gasteiger partial charge >= 0.3 is 0 Å². The van der Waals surface area contributed by atoms with Crippen LogP contribution in [0.25, 0.3) is 0 Å². The molecule has 4 saturated carbocycles. The first-order valence-corrected chi connectivity index (χ1v) is 7.66. The summed E-state index contributed by atoms with van der Waals surface area (Å²) in [5.41, 5.74) is 0.487. The van der Waals surface area contributed by atoms with Crippen LogP contribution in [0.15, 0.2) is 4.79 Å². The number of nitrogens with zero attached hydrogens (tertiary/aromatic N) is 2. The quantitative estimate of drug-likeness (QED) is 0.851. The molecule has 0 spiro atoms. The topological polar surface area (TPSA) is 69.5 Å². The van der Waals surface area contributed by atoms with E-state index < -0.39 is 0 Å². The lowest BCUT2D eigenvalue weighted by atomic mass is 9.51. The van der Waals surface area contributed by atoms with E-state index in [0.717, 1.165) is 17.7 Å². The number of aromatic amines is 1. The maximum absolute atomic E-state index is 12.0. The van der Waals surface area contributed by atoms with E-state index in [2.05, 4.69) is 9.97 Å². The molecule has 0 atom stereocenters. The second-order valence-electron chi connectivity index (χ2n) is 6.98. The van der Waals surface area contributed by atoms with Gasteiger partial charge in [-0.1, -0.05) is 0 Å². The molecule has 0 unspecified atom stereocenters. The second-order valence-corrected chi connectivity index (χ2v) is 6.98. The highest BCUT2D eigenvalue weighted by Crippen LogP contribution is 2.59. The highest BCUT2D eigenvalue weighted by molar-refractivity contribution is 5.30. The van der Waals surface area contributed by atoms with Crippen LogP contribution in [0.2, 0.25) is 0 Å². The predicted octanol–water partition coefficient (Wildman–Crippen LogP) is 2.49. The predicted molar refractivity (Wildman–Crippen MR) is 74.1 cm³/mol. The average molecular weight is 269 g/mol. The molecule has 104 valence electrons. The van der Waals surface area contributed by atoms with Crippen molar-refractivity contribution in [1.29, 1.82) is 5.26 Å². The third-order valence-corrected chi connectivity index (χ3v) is 5.77. The summed E-state index contributed by atoms with van der Waals surface area (Å²) in [6, 6.07) is 1.95. The first-order chi connectivity index (χ1) is 9.65. The molecule has 4 heteroatoms. The number of H-pyrrole nitrogens is 1. The lowest BCUT2D eigenvalue weighted by Gasteiger charge is -2.54. The summed E-state index contributed by atoms with van der Waals surface area (Å²) >= 11 is 0. The van der Waals surface area contributed by atoms with Crippen molar-refractivity contribution in [2.75, 3.05) is 0 Å². The van der Waals surface area contributed by atoms with E-state index in [-0.39, 0.29) is 11.1 Å². The maximum atomic E-state index is 12.0. The SMILES string of the molecule is Cc1nc(C2C3CC4CC(C3)CC2C4)[nH]c(=O)c1C#N. The molecule has 20 heavy (non-hydrogen) atoms. The highest BCUT2D eigenvalue weighted by atomic mass is 16.1. The summed E-state index contributed by atoms with van der Waals surface area (Å²) in [7, 11) is 0. The summed E-state index contributed by atoms with van der Waals surface area (Å²) in [5, 5.41) is 8.99. The molecular formula is C16H19N3O. The van der Waals surface area contributed by atoms with Gasteiger partial charge in [0.2, 0.25) is 0 Å². The zero-order valence-electron chi connectivity index (χ0n) is 11.7. The number of nitrogens with one attached hydrogen (secondary N) is 1. The van der Waals surface area contributed by atoms with E-state index in [4.69, 9.17) is 5.26 Å². The highest BCUT2D eigenvalue weighted by Gasteiger charge is 2.49. The molecule has 1 aromatic heterocycles. The van der Waals surface area contributed by atoms with Crippen molar-refractivity contribution in [1.82, 2.24) is 9.97 Å². The van der Waals surface area contributed by atoms with E-state index in [1.165, 1.54) is 32.1 Å². The molecule has 0 amide bonds. The minimum absolute atomic E-state index is 0.164. The van der Waals surface area contributed by atoms with E-state index >= 15 is 0 Å². The van der Waals surface area contributed by atoms with Crippen LogP contribution in [0.5, 0.6) is 0 Å². The van der Waals surface area contributed by atoms with Gasteiger partial charge in [-0.25, -0.2) is 4.98 Å². The van der Waals surface area contributed by atoms with Crippen LogP contribution >= 0.6 is 0 Å². The Morgan fingerprint density at radius 1 is 1.15 bits per heavy atom. The van der Waals surface area contributed by atoms with Crippen LogP contribution in [0.4, 0.5) is 0 Å². The second kappa shape index (κ2) is 4.18. The van der Waals surface area contributed by atoms with Crippen molar-refractivity contribution >= 4 is 0 Å². The van der Waals surface area contributed by atoms with Crippen molar-refractivity contribution in [2.45, 2.75) is 44.9 Å². The van der Waals surface area contributed by atoms with Gasteiger partial charge in [-0.2, -0.15) is 5.26 Å². The Labute approximate surface area is 118 Å². The molecule has 0 saturated heterocycles. The first-order valence-electron chi connectivity index (χ1n) is 7.66. The van der Waals surface area contributed by atoms with Gasteiger partial charge in [0.25, 0.3) is 5.56 Å². The van der Waals surface area contributed by atoms with Gasteiger partial charge < -0.3 is 4.98 Å². The summed E-state index contributed by atoms with van der Waals surface area (Å²) in [4.78, 5) is 19.5. The Balaban J connectivity index is 1.75. The van der Waals surface area contributed by atoms with Crippen LogP contribution < -0.4 is 5.56 Å². The van der Waals surface area contributed by atoms with Gasteiger partial charge in [0.1, 0.15) is 17.5 Å². The summed E-state index contributed by atoms with van der Waals surface area (Å²) in [5.74, 6) is 4.49. The average Bonchev–Trinajstić information content (AvgIpc) is 2.37. The van der Waals surface area contributed by atoms with Crippen LogP contribution in [0.1, 0.15) is 55.1 Å². The molecule has 5 rings (SSSR count). The Morgan fingerprint density at radius 2 is 1.75 bits per heavy atom. The molecule has 1 aromatic rings. The fraction of sp³-hybridized carbons (Fsp3) is 0.688. The number of hydrogen-bond acceptors (Lipinski definition) is 3.